The van der Waals surface area contributed by atoms with Crippen LogP contribution in [-0.4, -0.2) is 15.9 Å². The predicted molar refractivity (Wildman–Crippen MR) is 75.3 cm³/mol. The summed E-state index contributed by atoms with van der Waals surface area (Å²) in [5.74, 6) is 0.258. The van der Waals surface area contributed by atoms with Gasteiger partial charge in [0, 0.05) is 18.3 Å². The molecule has 6 nitrogen and oxygen atoms in total. The Morgan fingerprint density at radius 3 is 2.90 bits per heavy atom. The van der Waals surface area contributed by atoms with Gasteiger partial charge < -0.3 is 5.32 Å². The van der Waals surface area contributed by atoms with Crippen LogP contribution >= 0.6 is 0 Å². The van der Waals surface area contributed by atoms with Crippen LogP contribution in [0.25, 0.3) is 0 Å². The zero-order valence-corrected chi connectivity index (χ0v) is 11.7. The molecule has 0 saturated heterocycles. The average molecular weight is 274 g/mol. The Hall–Kier alpha value is -2.16. The monoisotopic (exact) mass is 274 g/mol. The largest absolute Gasteiger partial charge is 0.361 e. The van der Waals surface area contributed by atoms with E-state index in [1.54, 1.807) is 0 Å². The molecule has 20 heavy (non-hydrogen) atoms. The van der Waals surface area contributed by atoms with Gasteiger partial charge in [-0.1, -0.05) is 26.7 Å². The highest BCUT2D eigenvalue weighted by Crippen LogP contribution is 2.38. The van der Waals surface area contributed by atoms with E-state index in [0.29, 0.717) is 0 Å². The van der Waals surface area contributed by atoms with Gasteiger partial charge in [-0.25, -0.2) is 4.98 Å². The molecule has 0 spiro atoms. The Morgan fingerprint density at radius 1 is 1.55 bits per heavy atom. The minimum atomic E-state index is -0.494. The molecular weight excluding hydrogens is 256 g/mol. The Morgan fingerprint density at radius 2 is 2.30 bits per heavy atom. The highest BCUT2D eigenvalue weighted by molar-refractivity contribution is 5.58. The normalized spacial score (nSPS) is 20.9. The number of aromatic nitrogens is 1. The molecule has 1 aliphatic rings. The van der Waals surface area contributed by atoms with Crippen LogP contribution in [0.5, 0.6) is 0 Å². The van der Waals surface area contributed by atoms with Crippen LogP contribution in [0.3, 0.4) is 0 Å². The van der Waals surface area contributed by atoms with Crippen molar-refractivity contribution in [3.63, 3.8) is 0 Å². The van der Waals surface area contributed by atoms with E-state index in [2.05, 4.69) is 24.1 Å². The third-order valence-corrected chi connectivity index (χ3v) is 4.01. The van der Waals surface area contributed by atoms with Gasteiger partial charge in [0.1, 0.15) is 6.07 Å². The summed E-state index contributed by atoms with van der Waals surface area (Å²) in [6.45, 7) is 4.33. The lowest BCUT2D eigenvalue weighted by Gasteiger charge is -2.39. The van der Waals surface area contributed by atoms with Crippen LogP contribution in [0.1, 0.15) is 45.1 Å². The zero-order valence-electron chi connectivity index (χ0n) is 11.7. The molecule has 2 rings (SSSR count). The summed E-state index contributed by atoms with van der Waals surface area (Å²) in [6, 6.07) is 3.31. The molecular formula is C14H18N4O2. The average Bonchev–Trinajstić information content (AvgIpc) is 2.41. The predicted octanol–water partition coefficient (Wildman–Crippen LogP) is 3.24. The number of anilines is 1. The third kappa shape index (κ3) is 2.87. The van der Waals surface area contributed by atoms with Gasteiger partial charge in [-0.2, -0.15) is 5.26 Å². The van der Waals surface area contributed by atoms with Crippen molar-refractivity contribution in [2.75, 3.05) is 5.32 Å². The first-order valence-corrected chi connectivity index (χ1v) is 6.75. The van der Waals surface area contributed by atoms with E-state index in [9.17, 15) is 10.1 Å². The lowest BCUT2D eigenvalue weighted by molar-refractivity contribution is -0.384. The maximum Gasteiger partial charge on any atom is 0.312 e. The fourth-order valence-electron chi connectivity index (χ4n) is 2.69. The molecule has 0 aromatic carbocycles. The fourth-order valence-corrected chi connectivity index (χ4v) is 2.69. The Labute approximate surface area is 118 Å². The van der Waals surface area contributed by atoms with Gasteiger partial charge in [0.25, 0.3) is 0 Å². The second-order valence-corrected chi connectivity index (χ2v) is 5.89. The van der Waals surface area contributed by atoms with Crippen LogP contribution in [0.4, 0.5) is 11.5 Å². The minimum Gasteiger partial charge on any atom is -0.361 e. The van der Waals surface area contributed by atoms with Crippen LogP contribution in [0.15, 0.2) is 12.3 Å². The smallest absolute Gasteiger partial charge is 0.312 e. The first-order valence-electron chi connectivity index (χ1n) is 6.75. The summed E-state index contributed by atoms with van der Waals surface area (Å²) >= 11 is 0. The summed E-state index contributed by atoms with van der Waals surface area (Å²) in [5, 5.41) is 23.1. The Kier molecular flexibility index (Phi) is 3.89. The molecule has 1 fully saturated rings. The van der Waals surface area contributed by atoms with Crippen molar-refractivity contribution < 1.29 is 4.92 Å². The second-order valence-electron chi connectivity index (χ2n) is 5.89. The van der Waals surface area contributed by atoms with Crippen LogP contribution in [0.2, 0.25) is 0 Å². The van der Waals surface area contributed by atoms with E-state index in [1.807, 2.05) is 6.07 Å². The molecule has 6 heteroatoms. The molecule has 1 aromatic heterocycles. The van der Waals surface area contributed by atoms with E-state index in [1.165, 1.54) is 18.7 Å². The van der Waals surface area contributed by atoms with Crippen molar-refractivity contribution in [1.29, 1.82) is 5.26 Å². The molecule has 1 N–H and O–H groups in total. The number of pyridine rings is 1. The molecule has 1 atom stereocenters. The lowest BCUT2D eigenvalue weighted by atomic mass is 9.73. The van der Waals surface area contributed by atoms with E-state index >= 15 is 0 Å². The van der Waals surface area contributed by atoms with Crippen LogP contribution in [0, 0.1) is 26.9 Å². The molecule has 106 valence electrons. The molecule has 0 bridgehead atoms. The van der Waals surface area contributed by atoms with Gasteiger partial charge in [0.05, 0.1) is 10.5 Å². The summed E-state index contributed by atoms with van der Waals surface area (Å²) in [6.07, 6.45) is 5.74. The molecule has 1 unspecified atom stereocenters. The number of rotatable bonds is 3. The number of nitro groups is 1. The maximum absolute atomic E-state index is 11.1. The summed E-state index contributed by atoms with van der Waals surface area (Å²) < 4.78 is 0. The number of nitrogens with zero attached hydrogens (tertiary/aromatic N) is 3. The summed E-state index contributed by atoms with van der Waals surface area (Å²) in [5.41, 5.74) is 0.150. The third-order valence-electron chi connectivity index (χ3n) is 4.01. The molecule has 0 aliphatic heterocycles. The first kappa shape index (κ1) is 14.3. The molecule has 0 amide bonds. The highest BCUT2D eigenvalue weighted by Gasteiger charge is 2.33. The van der Waals surface area contributed by atoms with Gasteiger partial charge in [-0.05, 0) is 18.3 Å². The zero-order chi connectivity index (χ0) is 14.8. The first-order chi connectivity index (χ1) is 9.44. The van der Waals surface area contributed by atoms with Crippen molar-refractivity contribution >= 4 is 11.5 Å². The molecule has 0 radical (unpaired) electrons. The maximum atomic E-state index is 11.1. The van der Waals surface area contributed by atoms with Crippen molar-refractivity contribution in [3.05, 3.63) is 27.9 Å². The molecule has 1 aromatic rings. The van der Waals surface area contributed by atoms with E-state index in [4.69, 9.17) is 5.26 Å². The van der Waals surface area contributed by atoms with Crippen molar-refractivity contribution in [2.45, 2.75) is 45.6 Å². The van der Waals surface area contributed by atoms with Gasteiger partial charge in [-0.15, -0.1) is 0 Å². The molecule has 1 aliphatic carbocycles. The molecule has 1 saturated carbocycles. The van der Waals surface area contributed by atoms with Crippen LogP contribution in [-0.2, 0) is 0 Å². The van der Waals surface area contributed by atoms with Gasteiger partial charge >= 0.3 is 5.69 Å². The number of nitriles is 1. The molecule has 1 heterocycles. The van der Waals surface area contributed by atoms with E-state index in [-0.39, 0.29) is 28.5 Å². The fraction of sp³-hybridized carbons (Fsp3) is 0.571. The lowest BCUT2D eigenvalue weighted by Crippen LogP contribution is -2.39. The van der Waals surface area contributed by atoms with Crippen molar-refractivity contribution in [1.82, 2.24) is 4.98 Å². The minimum absolute atomic E-state index is 0.0850. The topological polar surface area (TPSA) is 91.8 Å². The van der Waals surface area contributed by atoms with Crippen LogP contribution < -0.4 is 5.32 Å². The van der Waals surface area contributed by atoms with Gasteiger partial charge in [-0.3, -0.25) is 10.1 Å². The van der Waals surface area contributed by atoms with E-state index in [0.717, 1.165) is 19.3 Å². The highest BCUT2D eigenvalue weighted by atomic mass is 16.6. The van der Waals surface area contributed by atoms with Gasteiger partial charge in [0.2, 0.25) is 5.82 Å². The Bertz CT molecular complexity index is 563. The number of nitrogens with one attached hydrogen (secondary N) is 1. The van der Waals surface area contributed by atoms with E-state index < -0.39 is 4.92 Å². The standard InChI is InChI=1S/C14H18N4O2/c1-14(2)6-4-3-5-12(14)17-13-11(18(19)20)7-10(8-15)9-16-13/h7,9,12H,3-6H2,1-2H3,(H,16,17). The quantitative estimate of drug-likeness (QED) is 0.674. The SMILES string of the molecule is CC1(C)CCCCC1Nc1ncc(C#N)cc1[N+](=O)[O-]. The second kappa shape index (κ2) is 5.45. The summed E-state index contributed by atoms with van der Waals surface area (Å²) in [4.78, 5) is 14.7. The van der Waals surface area contributed by atoms with Crippen molar-refractivity contribution in [2.24, 2.45) is 5.41 Å². The Balaban J connectivity index is 2.29. The van der Waals surface area contributed by atoms with Gasteiger partial charge in [0.15, 0.2) is 0 Å². The number of hydrogen-bond acceptors (Lipinski definition) is 5. The summed E-state index contributed by atoms with van der Waals surface area (Å²) in [7, 11) is 0. The number of hydrogen-bond donors (Lipinski definition) is 1. The van der Waals surface area contributed by atoms with Crippen molar-refractivity contribution in [3.8, 4) is 6.07 Å².